The van der Waals surface area contributed by atoms with Gasteiger partial charge in [-0.3, -0.25) is 4.98 Å². The first-order valence-corrected chi connectivity index (χ1v) is 7.69. The Labute approximate surface area is 125 Å². The Morgan fingerprint density at radius 1 is 1.24 bits per heavy atom. The summed E-state index contributed by atoms with van der Waals surface area (Å²) in [5, 5.41) is 4.39. The van der Waals surface area contributed by atoms with Crippen LogP contribution in [0.5, 0.6) is 5.75 Å². The van der Waals surface area contributed by atoms with Crippen LogP contribution in [0, 0.1) is 0 Å². The van der Waals surface area contributed by atoms with Crippen molar-refractivity contribution in [3.05, 3.63) is 36.5 Å². The van der Waals surface area contributed by atoms with Crippen LogP contribution in [-0.2, 0) is 4.74 Å². The summed E-state index contributed by atoms with van der Waals surface area (Å²) in [6.07, 6.45) is 4.50. The van der Waals surface area contributed by atoms with Crippen molar-refractivity contribution < 1.29 is 9.47 Å². The van der Waals surface area contributed by atoms with Gasteiger partial charge in [-0.25, -0.2) is 0 Å². The maximum Gasteiger partial charge on any atom is 0.128 e. The fourth-order valence-corrected chi connectivity index (χ4v) is 2.74. The summed E-state index contributed by atoms with van der Waals surface area (Å²) in [7, 11) is 0. The standard InChI is InChI=1S/C17H22N2O2/c1-2-18-11-13-8-9-14(21-13)12-20-17-7-3-6-16-15(17)5-4-10-19-16/h3-7,10,13-14,18H,2,8-9,11-12H2,1H3. The third-order valence-corrected chi connectivity index (χ3v) is 3.85. The smallest absolute Gasteiger partial charge is 0.128 e. The van der Waals surface area contributed by atoms with Crippen molar-refractivity contribution in [3.63, 3.8) is 0 Å². The fourth-order valence-electron chi connectivity index (χ4n) is 2.74. The highest BCUT2D eigenvalue weighted by molar-refractivity contribution is 5.84. The molecule has 1 aromatic carbocycles. The molecular formula is C17H22N2O2. The van der Waals surface area contributed by atoms with Gasteiger partial charge in [-0.15, -0.1) is 0 Å². The molecule has 0 amide bonds. The zero-order valence-corrected chi connectivity index (χ0v) is 12.4. The average molecular weight is 286 g/mol. The molecule has 2 aromatic rings. The molecule has 4 nitrogen and oxygen atoms in total. The number of aromatic nitrogens is 1. The molecule has 0 aliphatic carbocycles. The Balaban J connectivity index is 1.58. The topological polar surface area (TPSA) is 43.4 Å². The van der Waals surface area contributed by atoms with Crippen LogP contribution < -0.4 is 10.1 Å². The number of fused-ring (bicyclic) bond motifs is 1. The molecule has 2 unspecified atom stereocenters. The Hall–Kier alpha value is -1.65. The summed E-state index contributed by atoms with van der Waals surface area (Å²) >= 11 is 0. The van der Waals surface area contributed by atoms with E-state index in [0.717, 1.165) is 42.6 Å². The molecule has 1 N–H and O–H groups in total. The molecule has 1 fully saturated rings. The second-order valence-corrected chi connectivity index (χ2v) is 5.40. The van der Waals surface area contributed by atoms with Crippen LogP contribution in [-0.4, -0.2) is 36.9 Å². The van der Waals surface area contributed by atoms with E-state index in [2.05, 4.69) is 17.2 Å². The number of nitrogens with zero attached hydrogens (tertiary/aromatic N) is 1. The summed E-state index contributed by atoms with van der Waals surface area (Å²) < 4.78 is 12.0. The molecule has 4 heteroatoms. The number of ether oxygens (including phenoxy) is 2. The highest BCUT2D eigenvalue weighted by atomic mass is 16.5. The second kappa shape index (κ2) is 6.87. The van der Waals surface area contributed by atoms with Gasteiger partial charge in [0.25, 0.3) is 0 Å². The largest absolute Gasteiger partial charge is 0.490 e. The SMILES string of the molecule is CCNCC1CCC(COc2cccc3ncccc23)O1. The van der Waals surface area contributed by atoms with Gasteiger partial charge in [0.15, 0.2) is 0 Å². The third kappa shape index (κ3) is 3.52. The lowest BCUT2D eigenvalue weighted by Gasteiger charge is -2.15. The van der Waals surface area contributed by atoms with E-state index < -0.39 is 0 Å². The van der Waals surface area contributed by atoms with Crippen LogP contribution in [0.4, 0.5) is 0 Å². The van der Waals surface area contributed by atoms with E-state index >= 15 is 0 Å². The molecule has 0 bridgehead atoms. The zero-order chi connectivity index (χ0) is 14.5. The predicted octanol–water partition coefficient (Wildman–Crippen LogP) is 2.77. The van der Waals surface area contributed by atoms with Gasteiger partial charge in [-0.1, -0.05) is 13.0 Å². The molecule has 112 valence electrons. The molecular weight excluding hydrogens is 264 g/mol. The van der Waals surface area contributed by atoms with Crippen LogP contribution in [0.15, 0.2) is 36.5 Å². The molecule has 0 spiro atoms. The molecule has 0 saturated carbocycles. The molecule has 1 saturated heterocycles. The summed E-state index contributed by atoms with van der Waals surface area (Å²) in [5.74, 6) is 0.888. The number of pyridine rings is 1. The van der Waals surface area contributed by atoms with Crippen LogP contribution in [0.2, 0.25) is 0 Å². The van der Waals surface area contributed by atoms with Gasteiger partial charge in [0.1, 0.15) is 12.4 Å². The van der Waals surface area contributed by atoms with Gasteiger partial charge in [0.05, 0.1) is 17.7 Å². The van der Waals surface area contributed by atoms with Crippen molar-refractivity contribution in [1.29, 1.82) is 0 Å². The lowest BCUT2D eigenvalue weighted by Crippen LogP contribution is -2.28. The molecule has 2 atom stereocenters. The predicted molar refractivity (Wildman–Crippen MR) is 83.7 cm³/mol. The highest BCUT2D eigenvalue weighted by Crippen LogP contribution is 2.25. The van der Waals surface area contributed by atoms with Crippen molar-refractivity contribution in [1.82, 2.24) is 10.3 Å². The Bertz CT molecular complexity index is 583. The molecule has 2 heterocycles. The van der Waals surface area contributed by atoms with Crippen molar-refractivity contribution in [3.8, 4) is 5.75 Å². The second-order valence-electron chi connectivity index (χ2n) is 5.40. The quantitative estimate of drug-likeness (QED) is 0.887. The first-order chi connectivity index (χ1) is 10.4. The zero-order valence-electron chi connectivity index (χ0n) is 12.4. The van der Waals surface area contributed by atoms with Gasteiger partial charge >= 0.3 is 0 Å². The van der Waals surface area contributed by atoms with Crippen LogP contribution in [0.1, 0.15) is 19.8 Å². The first kappa shape index (κ1) is 14.3. The van der Waals surface area contributed by atoms with Crippen molar-refractivity contribution >= 4 is 10.9 Å². The van der Waals surface area contributed by atoms with Gasteiger partial charge in [0, 0.05) is 18.1 Å². The van der Waals surface area contributed by atoms with Gasteiger partial charge in [-0.2, -0.15) is 0 Å². The Kier molecular flexibility index (Phi) is 4.68. The summed E-state index contributed by atoms with van der Waals surface area (Å²) in [6.45, 7) is 4.65. The maximum absolute atomic E-state index is 5.99. The van der Waals surface area contributed by atoms with Crippen LogP contribution in [0.25, 0.3) is 10.9 Å². The van der Waals surface area contributed by atoms with E-state index in [1.807, 2.05) is 30.3 Å². The monoisotopic (exact) mass is 286 g/mol. The maximum atomic E-state index is 5.99. The average Bonchev–Trinajstić information content (AvgIpc) is 2.99. The van der Waals surface area contributed by atoms with E-state index in [-0.39, 0.29) is 6.10 Å². The van der Waals surface area contributed by atoms with E-state index in [1.165, 1.54) is 0 Å². The Morgan fingerprint density at radius 2 is 2.14 bits per heavy atom. The summed E-state index contributed by atoms with van der Waals surface area (Å²) in [6, 6.07) is 9.96. The number of nitrogens with one attached hydrogen (secondary N) is 1. The van der Waals surface area contributed by atoms with Crippen molar-refractivity contribution in [2.75, 3.05) is 19.7 Å². The highest BCUT2D eigenvalue weighted by Gasteiger charge is 2.25. The summed E-state index contributed by atoms with van der Waals surface area (Å²) in [5.41, 5.74) is 0.965. The fraction of sp³-hybridized carbons (Fsp3) is 0.471. The Morgan fingerprint density at radius 3 is 3.05 bits per heavy atom. The van der Waals surface area contributed by atoms with Crippen molar-refractivity contribution in [2.24, 2.45) is 0 Å². The number of likely N-dealkylation sites (N-methyl/N-ethyl adjacent to an activating group) is 1. The molecule has 1 aliphatic rings. The minimum atomic E-state index is 0.195. The molecule has 3 rings (SSSR count). The number of hydrogen-bond acceptors (Lipinski definition) is 4. The van der Waals surface area contributed by atoms with Gasteiger partial charge in [0.2, 0.25) is 0 Å². The molecule has 0 radical (unpaired) electrons. The third-order valence-electron chi connectivity index (χ3n) is 3.85. The van der Waals surface area contributed by atoms with E-state index in [4.69, 9.17) is 9.47 Å². The summed E-state index contributed by atoms with van der Waals surface area (Å²) in [4.78, 5) is 4.35. The number of hydrogen-bond donors (Lipinski definition) is 1. The first-order valence-electron chi connectivity index (χ1n) is 7.69. The van der Waals surface area contributed by atoms with Crippen molar-refractivity contribution in [2.45, 2.75) is 32.0 Å². The lowest BCUT2D eigenvalue weighted by atomic mass is 10.2. The molecule has 1 aromatic heterocycles. The minimum Gasteiger partial charge on any atom is -0.490 e. The molecule has 21 heavy (non-hydrogen) atoms. The van der Waals surface area contributed by atoms with E-state index in [9.17, 15) is 0 Å². The normalized spacial score (nSPS) is 21.8. The van der Waals surface area contributed by atoms with Gasteiger partial charge in [-0.05, 0) is 43.7 Å². The van der Waals surface area contributed by atoms with E-state index in [1.54, 1.807) is 6.20 Å². The van der Waals surface area contributed by atoms with Crippen LogP contribution in [0.3, 0.4) is 0 Å². The number of benzene rings is 1. The van der Waals surface area contributed by atoms with E-state index in [0.29, 0.717) is 12.7 Å². The number of rotatable bonds is 6. The molecule has 1 aliphatic heterocycles. The minimum absolute atomic E-state index is 0.195. The van der Waals surface area contributed by atoms with Crippen LogP contribution >= 0.6 is 0 Å². The lowest BCUT2D eigenvalue weighted by molar-refractivity contribution is 0.0191. The van der Waals surface area contributed by atoms with Gasteiger partial charge < -0.3 is 14.8 Å².